The minimum absolute atomic E-state index is 0.183. The molecule has 0 aliphatic carbocycles. The normalized spacial score (nSPS) is 10.8. The number of amides is 1. The van der Waals surface area contributed by atoms with E-state index in [1.54, 1.807) is 43.4 Å². The summed E-state index contributed by atoms with van der Waals surface area (Å²) >= 11 is 0. The van der Waals surface area contributed by atoms with E-state index in [-0.39, 0.29) is 18.3 Å². The van der Waals surface area contributed by atoms with Crippen molar-refractivity contribution >= 4 is 17.4 Å². The molecular weight excluding hydrogens is 425 g/mol. The van der Waals surface area contributed by atoms with Crippen LogP contribution >= 0.6 is 0 Å². The average molecular weight is 449 g/mol. The number of benzene rings is 2. The first kappa shape index (κ1) is 22.1. The molecule has 0 saturated heterocycles. The quantitative estimate of drug-likeness (QED) is 0.409. The summed E-state index contributed by atoms with van der Waals surface area (Å²) in [7, 11) is 4.62. The Morgan fingerprint density at radius 3 is 2.24 bits per heavy atom. The van der Waals surface area contributed by atoms with E-state index in [0.29, 0.717) is 40.0 Å². The van der Waals surface area contributed by atoms with Crippen LogP contribution in [-0.2, 0) is 11.3 Å². The zero-order valence-electron chi connectivity index (χ0n) is 18.8. The fourth-order valence-corrected chi connectivity index (χ4v) is 3.79. The van der Waals surface area contributed by atoms with Crippen molar-refractivity contribution in [3.63, 3.8) is 0 Å². The van der Waals surface area contributed by atoms with Gasteiger partial charge in [0.25, 0.3) is 0 Å². The standard InChI is InChI=1S/C25H24FN3O4/c1-16(30)29(15-17-13-20(31-2)24(33-4)21(14-17)32-3)25-23(18-8-10-19(26)11-9-18)27-22-7-5-6-12-28(22)25/h5-14H,15H2,1-4H3. The minimum Gasteiger partial charge on any atom is -0.493 e. The lowest BCUT2D eigenvalue weighted by Gasteiger charge is -2.23. The van der Waals surface area contributed by atoms with E-state index < -0.39 is 0 Å². The van der Waals surface area contributed by atoms with Gasteiger partial charge < -0.3 is 14.2 Å². The van der Waals surface area contributed by atoms with Crippen LogP contribution in [0.4, 0.5) is 10.2 Å². The largest absolute Gasteiger partial charge is 0.493 e. The lowest BCUT2D eigenvalue weighted by molar-refractivity contribution is -0.116. The summed E-state index contributed by atoms with van der Waals surface area (Å²) in [6.07, 6.45) is 1.84. The van der Waals surface area contributed by atoms with Crippen LogP contribution in [0.2, 0.25) is 0 Å². The zero-order chi connectivity index (χ0) is 23.5. The van der Waals surface area contributed by atoms with E-state index in [0.717, 1.165) is 5.56 Å². The summed E-state index contributed by atoms with van der Waals surface area (Å²) in [4.78, 5) is 19.3. The van der Waals surface area contributed by atoms with Crippen LogP contribution in [0.25, 0.3) is 16.9 Å². The van der Waals surface area contributed by atoms with Crippen LogP contribution in [0.3, 0.4) is 0 Å². The number of halogens is 1. The fraction of sp³-hybridized carbons (Fsp3) is 0.200. The highest BCUT2D eigenvalue weighted by atomic mass is 19.1. The van der Waals surface area contributed by atoms with Crippen molar-refractivity contribution in [2.75, 3.05) is 26.2 Å². The van der Waals surface area contributed by atoms with Gasteiger partial charge in [0.2, 0.25) is 11.7 Å². The third kappa shape index (κ3) is 4.19. The van der Waals surface area contributed by atoms with Crippen molar-refractivity contribution in [2.24, 2.45) is 0 Å². The number of carbonyl (C=O) groups excluding carboxylic acids is 1. The van der Waals surface area contributed by atoms with E-state index in [1.807, 2.05) is 28.8 Å². The summed E-state index contributed by atoms with van der Waals surface area (Å²) in [6, 6.07) is 15.3. The van der Waals surface area contributed by atoms with Crippen LogP contribution < -0.4 is 19.1 Å². The van der Waals surface area contributed by atoms with E-state index >= 15 is 0 Å². The second kappa shape index (κ2) is 9.20. The molecule has 170 valence electrons. The van der Waals surface area contributed by atoms with Gasteiger partial charge in [-0.1, -0.05) is 6.07 Å². The SMILES string of the molecule is COc1cc(CN(C(C)=O)c2c(-c3ccc(F)cc3)nc3ccccn23)cc(OC)c1OC. The number of rotatable bonds is 7. The number of anilines is 1. The van der Waals surface area contributed by atoms with E-state index in [1.165, 1.54) is 26.2 Å². The molecule has 0 fully saturated rings. The number of aromatic nitrogens is 2. The van der Waals surface area contributed by atoms with Gasteiger partial charge in [0.1, 0.15) is 23.0 Å². The van der Waals surface area contributed by atoms with Gasteiger partial charge in [0.05, 0.1) is 27.9 Å². The fourth-order valence-electron chi connectivity index (χ4n) is 3.79. The van der Waals surface area contributed by atoms with Crippen molar-refractivity contribution in [1.82, 2.24) is 9.38 Å². The molecule has 0 N–H and O–H groups in total. The highest BCUT2D eigenvalue weighted by Crippen LogP contribution is 2.39. The molecule has 33 heavy (non-hydrogen) atoms. The van der Waals surface area contributed by atoms with Crippen LogP contribution in [0.15, 0.2) is 60.8 Å². The van der Waals surface area contributed by atoms with Crippen LogP contribution in [-0.4, -0.2) is 36.6 Å². The number of imidazole rings is 1. The molecular formula is C25H24FN3O4. The monoisotopic (exact) mass is 449 g/mol. The zero-order valence-corrected chi connectivity index (χ0v) is 18.8. The van der Waals surface area contributed by atoms with Crippen molar-refractivity contribution in [3.8, 4) is 28.5 Å². The minimum atomic E-state index is -0.343. The summed E-state index contributed by atoms with van der Waals surface area (Å²) in [5.41, 5.74) is 2.72. The molecule has 0 spiro atoms. The predicted molar refractivity (Wildman–Crippen MR) is 124 cm³/mol. The molecule has 0 aliphatic heterocycles. The number of hydrogen-bond acceptors (Lipinski definition) is 5. The number of hydrogen-bond donors (Lipinski definition) is 0. The Morgan fingerprint density at radius 2 is 1.67 bits per heavy atom. The lowest BCUT2D eigenvalue weighted by Crippen LogP contribution is -2.29. The second-order valence-corrected chi connectivity index (χ2v) is 7.36. The Balaban J connectivity index is 1.87. The Kier molecular flexibility index (Phi) is 6.17. The number of methoxy groups -OCH3 is 3. The molecule has 2 aromatic heterocycles. The number of ether oxygens (including phenoxy) is 3. The van der Waals surface area contributed by atoms with Gasteiger partial charge in [0, 0.05) is 18.7 Å². The molecule has 7 nitrogen and oxygen atoms in total. The first-order chi connectivity index (χ1) is 16.0. The van der Waals surface area contributed by atoms with Crippen molar-refractivity contribution in [3.05, 3.63) is 72.2 Å². The van der Waals surface area contributed by atoms with Gasteiger partial charge in [-0.2, -0.15) is 0 Å². The van der Waals surface area contributed by atoms with Gasteiger partial charge in [-0.25, -0.2) is 9.37 Å². The van der Waals surface area contributed by atoms with E-state index in [4.69, 9.17) is 19.2 Å². The Hall–Kier alpha value is -4.07. The Bertz CT molecular complexity index is 1280. The molecule has 0 radical (unpaired) electrons. The first-order valence-corrected chi connectivity index (χ1v) is 10.3. The Morgan fingerprint density at radius 1 is 1.00 bits per heavy atom. The maximum atomic E-state index is 13.6. The first-order valence-electron chi connectivity index (χ1n) is 10.3. The van der Waals surface area contributed by atoms with Gasteiger partial charge >= 0.3 is 0 Å². The summed E-state index contributed by atoms with van der Waals surface area (Å²) in [5, 5.41) is 0. The maximum Gasteiger partial charge on any atom is 0.225 e. The van der Waals surface area contributed by atoms with E-state index in [9.17, 15) is 9.18 Å². The van der Waals surface area contributed by atoms with Gasteiger partial charge in [-0.05, 0) is 54.1 Å². The third-order valence-corrected chi connectivity index (χ3v) is 5.32. The van der Waals surface area contributed by atoms with E-state index in [2.05, 4.69) is 0 Å². The topological polar surface area (TPSA) is 65.3 Å². The second-order valence-electron chi connectivity index (χ2n) is 7.36. The van der Waals surface area contributed by atoms with Crippen LogP contribution in [0.5, 0.6) is 17.2 Å². The number of fused-ring (bicyclic) bond motifs is 1. The van der Waals surface area contributed by atoms with Gasteiger partial charge in [0.15, 0.2) is 11.5 Å². The Labute approximate surface area is 191 Å². The summed E-state index contributed by atoms with van der Waals surface area (Å²) in [5.74, 6) is 1.51. The molecule has 0 aliphatic rings. The van der Waals surface area contributed by atoms with Gasteiger partial charge in [-0.15, -0.1) is 0 Å². The van der Waals surface area contributed by atoms with Crippen molar-refractivity contribution in [1.29, 1.82) is 0 Å². The number of pyridine rings is 1. The van der Waals surface area contributed by atoms with Crippen LogP contribution in [0.1, 0.15) is 12.5 Å². The van der Waals surface area contributed by atoms with Crippen molar-refractivity contribution in [2.45, 2.75) is 13.5 Å². The van der Waals surface area contributed by atoms with Crippen LogP contribution in [0, 0.1) is 5.82 Å². The molecule has 0 atom stereocenters. The van der Waals surface area contributed by atoms with Gasteiger partial charge in [-0.3, -0.25) is 14.1 Å². The summed E-state index contributed by atoms with van der Waals surface area (Å²) < 4.78 is 31.7. The molecule has 2 heterocycles. The molecule has 0 unspecified atom stereocenters. The molecule has 1 amide bonds. The molecule has 4 aromatic rings. The third-order valence-electron chi connectivity index (χ3n) is 5.32. The molecule has 2 aromatic carbocycles. The predicted octanol–water partition coefficient (Wildman–Crippen LogP) is 4.72. The highest BCUT2D eigenvalue weighted by molar-refractivity contribution is 5.95. The molecule has 4 rings (SSSR count). The lowest BCUT2D eigenvalue weighted by atomic mass is 10.1. The smallest absolute Gasteiger partial charge is 0.225 e. The molecule has 0 bridgehead atoms. The summed E-state index contributed by atoms with van der Waals surface area (Å²) in [6.45, 7) is 1.72. The van der Waals surface area contributed by atoms with Crippen molar-refractivity contribution < 1.29 is 23.4 Å². The highest BCUT2D eigenvalue weighted by Gasteiger charge is 2.24. The number of nitrogens with zero attached hydrogens (tertiary/aromatic N) is 3. The molecule has 0 saturated carbocycles. The molecule has 8 heteroatoms. The maximum absolute atomic E-state index is 13.6. The average Bonchev–Trinajstić information content (AvgIpc) is 3.21. The number of carbonyl (C=O) groups is 1.